The number of hydrogen-bond donors (Lipinski definition) is 3. The maximum atomic E-state index is 11.6. The van der Waals surface area contributed by atoms with E-state index in [1.165, 1.54) is 12.1 Å². The van der Waals surface area contributed by atoms with Gasteiger partial charge in [0, 0.05) is 6.07 Å². The zero-order valence-electron chi connectivity index (χ0n) is 12.0. The Morgan fingerprint density at radius 3 is 2.91 bits per heavy atom. The molecule has 0 bridgehead atoms. The number of hydrogen-bond acceptors (Lipinski definition) is 6. The van der Waals surface area contributed by atoms with Gasteiger partial charge >= 0.3 is 12.1 Å². The first-order chi connectivity index (χ1) is 11.1. The van der Waals surface area contributed by atoms with Gasteiger partial charge in [-0.05, 0) is 19.1 Å². The van der Waals surface area contributed by atoms with Crippen molar-refractivity contribution in [2.75, 3.05) is 6.61 Å². The first-order valence-corrected chi connectivity index (χ1v) is 6.71. The lowest BCUT2D eigenvalue weighted by Crippen LogP contribution is -2.04. The minimum Gasteiger partial charge on any atom is -0.461 e. The Balaban J connectivity index is 1.98. The van der Waals surface area contributed by atoms with Gasteiger partial charge in [0.15, 0.2) is 11.6 Å². The van der Waals surface area contributed by atoms with Crippen molar-refractivity contribution in [2.45, 2.75) is 6.92 Å². The Bertz CT molecular complexity index is 882. The molecule has 0 amide bonds. The number of ether oxygens (including phenoxy) is 2. The molecule has 23 heavy (non-hydrogen) atoms. The number of imidazole rings is 1. The van der Waals surface area contributed by atoms with E-state index in [-0.39, 0.29) is 18.1 Å². The Labute approximate surface area is 129 Å². The SMILES string of the molecule is CCOC(=O)c1cc(-c2nc3c(OC(=O)O)cccc3[nH]2)n[nH]1. The second-order valence-electron chi connectivity index (χ2n) is 4.49. The average molecular weight is 316 g/mol. The zero-order valence-corrected chi connectivity index (χ0v) is 12.0. The van der Waals surface area contributed by atoms with Gasteiger partial charge in [-0.25, -0.2) is 14.6 Å². The summed E-state index contributed by atoms with van der Waals surface area (Å²) in [5.41, 5.74) is 1.53. The molecule has 0 saturated heterocycles. The van der Waals surface area contributed by atoms with Gasteiger partial charge in [-0.2, -0.15) is 5.10 Å². The van der Waals surface area contributed by atoms with Gasteiger partial charge in [-0.15, -0.1) is 0 Å². The number of nitrogens with zero attached hydrogens (tertiary/aromatic N) is 2. The molecule has 2 heterocycles. The van der Waals surface area contributed by atoms with Crippen molar-refractivity contribution in [3.8, 4) is 17.3 Å². The highest BCUT2D eigenvalue weighted by Crippen LogP contribution is 2.27. The molecular weight excluding hydrogens is 304 g/mol. The van der Waals surface area contributed by atoms with Crippen LogP contribution in [0.2, 0.25) is 0 Å². The van der Waals surface area contributed by atoms with E-state index < -0.39 is 12.1 Å². The second kappa shape index (κ2) is 5.79. The average Bonchev–Trinajstić information content (AvgIpc) is 3.14. The quantitative estimate of drug-likeness (QED) is 0.496. The molecule has 0 fully saturated rings. The number of fused-ring (bicyclic) bond motifs is 1. The molecule has 0 spiro atoms. The van der Waals surface area contributed by atoms with Gasteiger partial charge in [-0.3, -0.25) is 5.10 Å². The van der Waals surface area contributed by atoms with Crippen LogP contribution in [0.15, 0.2) is 24.3 Å². The molecule has 2 aromatic heterocycles. The number of carbonyl (C=O) groups is 2. The summed E-state index contributed by atoms with van der Waals surface area (Å²) in [6.45, 7) is 1.96. The number of aromatic nitrogens is 4. The van der Waals surface area contributed by atoms with Gasteiger partial charge in [0.25, 0.3) is 0 Å². The number of carboxylic acid groups (broad SMARTS) is 1. The molecular formula is C14H12N4O5. The molecule has 3 aromatic rings. The zero-order chi connectivity index (χ0) is 16.4. The lowest BCUT2D eigenvalue weighted by Gasteiger charge is -1.98. The number of carbonyl (C=O) groups excluding carboxylic acids is 1. The number of benzene rings is 1. The van der Waals surface area contributed by atoms with Crippen LogP contribution >= 0.6 is 0 Å². The summed E-state index contributed by atoms with van der Waals surface area (Å²) >= 11 is 0. The van der Waals surface area contributed by atoms with Crippen molar-refractivity contribution in [1.29, 1.82) is 0 Å². The highest BCUT2D eigenvalue weighted by Gasteiger charge is 2.16. The van der Waals surface area contributed by atoms with Gasteiger partial charge in [0.1, 0.15) is 16.9 Å². The van der Waals surface area contributed by atoms with Crippen molar-refractivity contribution < 1.29 is 24.2 Å². The number of aromatic amines is 2. The van der Waals surface area contributed by atoms with E-state index in [4.69, 9.17) is 9.84 Å². The third kappa shape index (κ3) is 2.84. The molecule has 9 nitrogen and oxygen atoms in total. The molecule has 9 heteroatoms. The fraction of sp³-hybridized carbons (Fsp3) is 0.143. The van der Waals surface area contributed by atoms with Crippen LogP contribution in [0.1, 0.15) is 17.4 Å². The van der Waals surface area contributed by atoms with E-state index >= 15 is 0 Å². The number of nitrogens with one attached hydrogen (secondary N) is 2. The number of esters is 1. The van der Waals surface area contributed by atoms with E-state index in [2.05, 4.69) is 24.9 Å². The van der Waals surface area contributed by atoms with Gasteiger partial charge < -0.3 is 19.6 Å². The molecule has 0 atom stereocenters. The maximum Gasteiger partial charge on any atom is 0.511 e. The normalized spacial score (nSPS) is 10.7. The van der Waals surface area contributed by atoms with Crippen LogP contribution in [0.3, 0.4) is 0 Å². The third-order valence-corrected chi connectivity index (χ3v) is 2.99. The van der Waals surface area contributed by atoms with E-state index in [1.54, 1.807) is 19.1 Å². The summed E-state index contributed by atoms with van der Waals surface area (Å²) in [4.78, 5) is 29.6. The number of H-pyrrole nitrogens is 2. The lowest BCUT2D eigenvalue weighted by molar-refractivity contribution is 0.0519. The predicted octanol–water partition coefficient (Wildman–Crippen LogP) is 2.19. The summed E-state index contributed by atoms with van der Waals surface area (Å²) in [6, 6.07) is 6.35. The molecule has 0 aliphatic rings. The predicted molar refractivity (Wildman–Crippen MR) is 78.3 cm³/mol. The summed E-state index contributed by atoms with van der Waals surface area (Å²) in [5, 5.41) is 15.3. The van der Waals surface area contributed by atoms with Crippen LogP contribution in [0.4, 0.5) is 4.79 Å². The second-order valence-corrected chi connectivity index (χ2v) is 4.49. The molecule has 0 radical (unpaired) electrons. The first kappa shape index (κ1) is 14.6. The van der Waals surface area contributed by atoms with Crippen LogP contribution in [0.25, 0.3) is 22.6 Å². The summed E-state index contributed by atoms with van der Waals surface area (Å²) < 4.78 is 9.56. The van der Waals surface area contributed by atoms with E-state index in [9.17, 15) is 9.59 Å². The summed E-state index contributed by atoms with van der Waals surface area (Å²) in [7, 11) is 0. The van der Waals surface area contributed by atoms with Crippen LogP contribution < -0.4 is 4.74 Å². The standard InChI is InChI=1S/C14H12N4O5/c1-2-22-13(19)9-6-8(17-18-9)12-15-7-4-3-5-10(11(7)16-12)23-14(20)21/h3-6H,2H2,1H3,(H,15,16)(H,17,18)(H,20,21). The van der Waals surface area contributed by atoms with Gasteiger partial charge in [-0.1, -0.05) is 6.07 Å². The monoisotopic (exact) mass is 316 g/mol. The van der Waals surface area contributed by atoms with Crippen LogP contribution in [0, 0.1) is 0 Å². The largest absolute Gasteiger partial charge is 0.511 e. The van der Waals surface area contributed by atoms with Crippen LogP contribution in [0.5, 0.6) is 5.75 Å². The molecule has 0 unspecified atom stereocenters. The maximum absolute atomic E-state index is 11.6. The highest BCUT2D eigenvalue weighted by atomic mass is 16.7. The van der Waals surface area contributed by atoms with Crippen molar-refractivity contribution in [1.82, 2.24) is 20.2 Å². The fourth-order valence-corrected chi connectivity index (χ4v) is 2.06. The molecule has 0 saturated carbocycles. The Morgan fingerprint density at radius 1 is 1.35 bits per heavy atom. The molecule has 118 valence electrons. The topological polar surface area (TPSA) is 130 Å². The smallest absolute Gasteiger partial charge is 0.461 e. The Hall–Kier alpha value is -3.36. The van der Waals surface area contributed by atoms with Crippen LogP contribution in [-0.4, -0.2) is 44.0 Å². The van der Waals surface area contributed by atoms with E-state index in [0.29, 0.717) is 22.6 Å². The molecule has 3 N–H and O–H groups in total. The lowest BCUT2D eigenvalue weighted by atomic mass is 10.3. The summed E-state index contributed by atoms with van der Waals surface area (Å²) in [6.07, 6.45) is -1.42. The molecule has 3 rings (SSSR count). The fourth-order valence-electron chi connectivity index (χ4n) is 2.06. The van der Waals surface area contributed by atoms with Crippen molar-refractivity contribution in [3.05, 3.63) is 30.0 Å². The first-order valence-electron chi connectivity index (χ1n) is 6.71. The molecule has 0 aliphatic heterocycles. The van der Waals surface area contributed by atoms with Crippen molar-refractivity contribution >= 4 is 23.2 Å². The third-order valence-electron chi connectivity index (χ3n) is 2.99. The van der Waals surface area contributed by atoms with Crippen LogP contribution in [-0.2, 0) is 4.74 Å². The molecule has 1 aromatic carbocycles. The van der Waals surface area contributed by atoms with Gasteiger partial charge in [0.2, 0.25) is 0 Å². The number of rotatable bonds is 4. The van der Waals surface area contributed by atoms with E-state index in [1.807, 2.05) is 0 Å². The minimum absolute atomic E-state index is 0.110. The Morgan fingerprint density at radius 2 is 2.17 bits per heavy atom. The Kier molecular flexibility index (Phi) is 3.67. The highest BCUT2D eigenvalue weighted by molar-refractivity contribution is 5.89. The van der Waals surface area contributed by atoms with E-state index in [0.717, 1.165) is 0 Å². The summed E-state index contributed by atoms with van der Waals surface area (Å²) in [5.74, 6) is -0.0378. The van der Waals surface area contributed by atoms with Gasteiger partial charge in [0.05, 0.1) is 12.1 Å². The molecule has 0 aliphatic carbocycles. The number of para-hydroxylation sites is 1. The van der Waals surface area contributed by atoms with Crippen molar-refractivity contribution in [2.24, 2.45) is 0 Å². The van der Waals surface area contributed by atoms with Crippen molar-refractivity contribution in [3.63, 3.8) is 0 Å². The minimum atomic E-state index is -1.42.